The smallest absolute Gasteiger partial charge is 0.278 e. The first-order chi connectivity index (χ1) is 15.2. The van der Waals surface area contributed by atoms with E-state index in [1.165, 1.54) is 29.1 Å². The minimum Gasteiger partial charge on any atom is -0.378 e. The second-order valence-electron chi connectivity index (χ2n) is 7.36. The molecule has 1 fully saturated rings. The van der Waals surface area contributed by atoms with Gasteiger partial charge in [-0.3, -0.25) is 10.1 Å². The number of rotatable bonds is 6. The Hall–Kier alpha value is -3.58. The van der Waals surface area contributed by atoms with Crippen LogP contribution in [-0.2, 0) is 4.74 Å². The molecule has 4 rings (SSSR count). The highest BCUT2D eigenvalue weighted by atomic mass is 16.6. The van der Waals surface area contributed by atoms with Crippen LogP contribution < -0.4 is 0 Å². The van der Waals surface area contributed by atoms with Crippen molar-refractivity contribution < 1.29 is 9.66 Å². The molecule has 0 saturated carbocycles. The molecule has 1 saturated heterocycles. The van der Waals surface area contributed by atoms with Crippen molar-refractivity contribution in [3.8, 4) is 0 Å². The monoisotopic (exact) mass is 416 g/mol. The number of allylic oxidation sites excluding steroid dienone is 2. The number of ether oxygens (including phenoxy) is 1. The number of para-hydroxylation sites is 1. The molecule has 0 unspecified atom stereocenters. The van der Waals surface area contributed by atoms with Crippen LogP contribution in [0.3, 0.4) is 0 Å². The van der Waals surface area contributed by atoms with Crippen molar-refractivity contribution in [3.05, 3.63) is 92.7 Å². The first-order valence-electron chi connectivity index (χ1n) is 10.3. The van der Waals surface area contributed by atoms with Crippen molar-refractivity contribution in [1.29, 1.82) is 0 Å². The molecule has 0 radical (unpaired) electrons. The van der Waals surface area contributed by atoms with E-state index in [9.17, 15) is 10.1 Å². The fourth-order valence-corrected chi connectivity index (χ4v) is 3.88. The fraction of sp³-hybridized carbons (Fsp3) is 0.250. The van der Waals surface area contributed by atoms with Crippen LogP contribution in [0.1, 0.15) is 24.0 Å². The van der Waals surface area contributed by atoms with Gasteiger partial charge < -0.3 is 9.64 Å². The zero-order valence-corrected chi connectivity index (χ0v) is 17.2. The molecule has 158 valence electrons. The van der Waals surface area contributed by atoms with Crippen molar-refractivity contribution in [2.75, 3.05) is 26.3 Å². The maximum atomic E-state index is 11.1. The Morgan fingerprint density at radius 3 is 2.42 bits per heavy atom. The molecule has 1 aliphatic heterocycles. The Kier molecular flexibility index (Phi) is 6.64. The van der Waals surface area contributed by atoms with Crippen LogP contribution in [0.25, 0.3) is 6.08 Å². The molecule has 2 aromatic carbocycles. The van der Waals surface area contributed by atoms with Gasteiger partial charge in [-0.1, -0.05) is 42.5 Å². The van der Waals surface area contributed by atoms with Gasteiger partial charge in [-0.25, -0.2) is 0 Å². The summed E-state index contributed by atoms with van der Waals surface area (Å²) in [7, 11) is 0. The van der Waals surface area contributed by atoms with Gasteiger partial charge in [-0.2, -0.15) is 10.2 Å². The van der Waals surface area contributed by atoms with Crippen molar-refractivity contribution in [3.63, 3.8) is 0 Å². The molecule has 1 aliphatic carbocycles. The predicted octanol–water partition coefficient (Wildman–Crippen LogP) is 4.46. The molecule has 0 aromatic heterocycles. The molecule has 0 bridgehead atoms. The van der Waals surface area contributed by atoms with Crippen LogP contribution in [0, 0.1) is 10.1 Å². The molecule has 7 nitrogen and oxygen atoms in total. The van der Waals surface area contributed by atoms with Gasteiger partial charge >= 0.3 is 0 Å². The van der Waals surface area contributed by atoms with E-state index < -0.39 is 4.92 Å². The van der Waals surface area contributed by atoms with E-state index in [1.54, 1.807) is 24.4 Å². The normalized spacial score (nSPS) is 18.6. The maximum Gasteiger partial charge on any atom is 0.278 e. The molecule has 0 amide bonds. The Balaban J connectivity index is 1.60. The Morgan fingerprint density at radius 2 is 1.65 bits per heavy atom. The minimum atomic E-state index is -0.415. The number of morpholine rings is 1. The number of benzene rings is 2. The van der Waals surface area contributed by atoms with Gasteiger partial charge in [0.1, 0.15) is 0 Å². The highest BCUT2D eigenvalue weighted by Crippen LogP contribution is 2.35. The van der Waals surface area contributed by atoms with Crippen LogP contribution in [-0.4, -0.2) is 48.6 Å². The van der Waals surface area contributed by atoms with Gasteiger partial charge in [-0.15, -0.1) is 0 Å². The number of nitro benzene ring substituents is 1. The molecular weight excluding hydrogens is 392 g/mol. The second kappa shape index (κ2) is 9.95. The summed E-state index contributed by atoms with van der Waals surface area (Å²) in [6.45, 7) is 3.11. The van der Waals surface area contributed by atoms with Crippen molar-refractivity contribution >= 4 is 24.2 Å². The Labute approximate surface area is 181 Å². The van der Waals surface area contributed by atoms with E-state index in [0.29, 0.717) is 18.8 Å². The molecule has 1 heterocycles. The predicted molar refractivity (Wildman–Crippen MR) is 122 cm³/mol. The average Bonchev–Trinajstić information content (AvgIpc) is 3.20. The summed E-state index contributed by atoms with van der Waals surface area (Å²) >= 11 is 0. The van der Waals surface area contributed by atoms with Crippen molar-refractivity contribution in [2.24, 2.45) is 10.2 Å². The first-order valence-corrected chi connectivity index (χ1v) is 10.3. The maximum absolute atomic E-state index is 11.1. The van der Waals surface area contributed by atoms with Crippen LogP contribution >= 0.6 is 0 Å². The van der Waals surface area contributed by atoms with Crippen LogP contribution in [0.4, 0.5) is 5.69 Å². The van der Waals surface area contributed by atoms with E-state index in [4.69, 9.17) is 4.74 Å². The summed E-state index contributed by atoms with van der Waals surface area (Å²) in [5.41, 5.74) is 5.25. The van der Waals surface area contributed by atoms with Gasteiger partial charge in [0, 0.05) is 24.9 Å². The summed E-state index contributed by atoms with van der Waals surface area (Å²) in [6, 6.07) is 16.8. The van der Waals surface area contributed by atoms with E-state index in [2.05, 4.69) is 33.3 Å². The molecular formula is C24H24N4O3. The highest BCUT2D eigenvalue weighted by Gasteiger charge is 2.25. The second-order valence-corrected chi connectivity index (χ2v) is 7.36. The van der Waals surface area contributed by atoms with Gasteiger partial charge in [0.25, 0.3) is 5.69 Å². The molecule has 0 atom stereocenters. The molecule has 7 heteroatoms. The lowest BCUT2D eigenvalue weighted by Gasteiger charge is -2.31. The first kappa shape index (κ1) is 20.7. The molecule has 2 aromatic rings. The quantitative estimate of drug-likeness (QED) is 0.395. The van der Waals surface area contributed by atoms with Gasteiger partial charge in [0.15, 0.2) is 0 Å². The van der Waals surface area contributed by atoms with E-state index >= 15 is 0 Å². The minimum absolute atomic E-state index is 0.0172. The number of nitro groups is 1. The number of hydrogen-bond donors (Lipinski definition) is 0. The van der Waals surface area contributed by atoms with Crippen LogP contribution in [0.2, 0.25) is 0 Å². The third kappa shape index (κ3) is 5.13. The highest BCUT2D eigenvalue weighted by molar-refractivity contribution is 5.87. The van der Waals surface area contributed by atoms with Crippen LogP contribution in [0.15, 0.2) is 81.6 Å². The third-order valence-corrected chi connectivity index (χ3v) is 5.35. The lowest BCUT2D eigenvalue weighted by atomic mass is 10.1. The summed E-state index contributed by atoms with van der Waals surface area (Å²) < 4.78 is 5.53. The zero-order valence-electron chi connectivity index (χ0n) is 17.2. The zero-order chi connectivity index (χ0) is 21.5. The van der Waals surface area contributed by atoms with E-state index in [-0.39, 0.29) is 5.69 Å². The Bertz CT molecular complexity index is 1050. The summed E-state index contributed by atoms with van der Waals surface area (Å²) in [4.78, 5) is 13.1. The SMILES string of the molecule is O=[N+]([O-])c1ccccc1/C=N\N=C/C1=C(N2CCOCC2)C(=C\c2ccccc2)/CC1. The summed E-state index contributed by atoms with van der Waals surface area (Å²) in [5.74, 6) is 0. The Morgan fingerprint density at radius 1 is 0.935 bits per heavy atom. The van der Waals surface area contributed by atoms with Crippen molar-refractivity contribution in [1.82, 2.24) is 4.90 Å². The lowest BCUT2D eigenvalue weighted by Crippen LogP contribution is -2.36. The van der Waals surface area contributed by atoms with E-state index in [0.717, 1.165) is 31.5 Å². The molecule has 31 heavy (non-hydrogen) atoms. The molecule has 2 aliphatic rings. The number of hydrogen-bond acceptors (Lipinski definition) is 6. The third-order valence-electron chi connectivity index (χ3n) is 5.35. The number of nitrogens with zero attached hydrogens (tertiary/aromatic N) is 4. The average molecular weight is 416 g/mol. The molecule has 0 N–H and O–H groups in total. The fourth-order valence-electron chi connectivity index (χ4n) is 3.88. The topological polar surface area (TPSA) is 80.3 Å². The van der Waals surface area contributed by atoms with Crippen molar-refractivity contribution in [2.45, 2.75) is 12.8 Å². The van der Waals surface area contributed by atoms with E-state index in [1.807, 2.05) is 18.2 Å². The van der Waals surface area contributed by atoms with Gasteiger partial charge in [0.2, 0.25) is 0 Å². The van der Waals surface area contributed by atoms with Gasteiger partial charge in [0.05, 0.1) is 36.1 Å². The summed E-state index contributed by atoms with van der Waals surface area (Å²) in [5, 5.41) is 19.4. The standard InChI is InChI=1S/C24H24N4O3/c29-28(30)23-9-5-4-8-21(23)17-25-26-18-22-11-10-20(16-19-6-2-1-3-7-19)24(22)27-12-14-31-15-13-27/h1-9,16-18H,10-15H2/b20-16-,25-17-,26-18-. The lowest BCUT2D eigenvalue weighted by molar-refractivity contribution is -0.385. The molecule has 0 spiro atoms. The van der Waals surface area contributed by atoms with Crippen LogP contribution in [0.5, 0.6) is 0 Å². The summed E-state index contributed by atoms with van der Waals surface area (Å²) in [6.07, 6.45) is 7.27. The largest absolute Gasteiger partial charge is 0.378 e. The van der Waals surface area contributed by atoms with Gasteiger partial charge in [-0.05, 0) is 41.7 Å².